The first-order valence-corrected chi connectivity index (χ1v) is 7.79. The maximum atomic E-state index is 13.2. The van der Waals surface area contributed by atoms with Crippen molar-refractivity contribution in [2.45, 2.75) is 5.51 Å². The van der Waals surface area contributed by atoms with E-state index in [0.29, 0.717) is 6.07 Å². The van der Waals surface area contributed by atoms with E-state index in [4.69, 9.17) is 0 Å². The molecule has 1 N–H and O–H groups in total. The van der Waals surface area contributed by atoms with Gasteiger partial charge in [0.25, 0.3) is 0 Å². The Hall–Kier alpha value is -2.35. The van der Waals surface area contributed by atoms with E-state index in [1.54, 1.807) is 36.4 Å². The van der Waals surface area contributed by atoms with Gasteiger partial charge in [-0.05, 0) is 29.3 Å². The molecule has 0 bridgehead atoms. The zero-order chi connectivity index (χ0) is 17.1. The summed E-state index contributed by atoms with van der Waals surface area (Å²) in [5, 5.41) is 0. The van der Waals surface area contributed by atoms with Crippen molar-refractivity contribution in [2.24, 2.45) is 0 Å². The average Bonchev–Trinajstić information content (AvgIpc) is 2.46. The fourth-order valence-electron chi connectivity index (χ4n) is 1.72. The normalized spacial score (nSPS) is 12.5. The fraction of sp³-hybridized carbons (Fsp3) is 0.0667. The molecule has 0 aliphatic heterocycles. The molecular formula is C15H11F4NO2S. The Bertz CT molecular complexity index is 815. The summed E-state index contributed by atoms with van der Waals surface area (Å²) in [6.07, 6.45) is 2.96. The first-order valence-electron chi connectivity index (χ1n) is 6.31. The summed E-state index contributed by atoms with van der Waals surface area (Å²) in [5.41, 5.74) is -5.13. The van der Waals surface area contributed by atoms with Gasteiger partial charge in [0.15, 0.2) is 0 Å². The van der Waals surface area contributed by atoms with E-state index in [9.17, 15) is 26.0 Å². The van der Waals surface area contributed by atoms with Crippen molar-refractivity contribution in [3.05, 3.63) is 65.5 Å². The van der Waals surface area contributed by atoms with Gasteiger partial charge in [-0.25, -0.2) is 4.39 Å². The van der Waals surface area contributed by atoms with E-state index in [2.05, 4.69) is 0 Å². The lowest BCUT2D eigenvalue weighted by Gasteiger charge is -2.12. The molecule has 23 heavy (non-hydrogen) atoms. The van der Waals surface area contributed by atoms with Gasteiger partial charge < -0.3 is 0 Å². The van der Waals surface area contributed by atoms with Crippen LogP contribution in [0.5, 0.6) is 0 Å². The summed E-state index contributed by atoms with van der Waals surface area (Å²) < 4.78 is 74.3. The minimum Gasteiger partial charge on any atom is -0.275 e. The van der Waals surface area contributed by atoms with Gasteiger partial charge in [0, 0.05) is 0 Å². The van der Waals surface area contributed by atoms with Crippen LogP contribution in [0.2, 0.25) is 0 Å². The highest BCUT2D eigenvalue weighted by Crippen LogP contribution is 2.28. The lowest BCUT2D eigenvalue weighted by Crippen LogP contribution is -2.30. The second-order valence-electron chi connectivity index (χ2n) is 4.53. The molecule has 0 atom stereocenters. The molecule has 0 aliphatic rings. The third kappa shape index (κ3) is 4.32. The minimum absolute atomic E-state index is 0.100. The molecule has 0 saturated heterocycles. The summed E-state index contributed by atoms with van der Waals surface area (Å²) in [4.78, 5) is 0. The Balaban J connectivity index is 2.37. The molecular weight excluding hydrogens is 334 g/mol. The monoisotopic (exact) mass is 345 g/mol. The van der Waals surface area contributed by atoms with Crippen molar-refractivity contribution in [1.82, 2.24) is 0 Å². The van der Waals surface area contributed by atoms with Crippen LogP contribution in [0, 0.1) is 5.82 Å². The number of benzene rings is 2. The van der Waals surface area contributed by atoms with E-state index in [1.165, 1.54) is 16.9 Å². The van der Waals surface area contributed by atoms with Crippen LogP contribution in [0.4, 0.5) is 23.2 Å². The Morgan fingerprint density at radius 2 is 1.61 bits per heavy atom. The molecule has 0 aliphatic carbocycles. The van der Waals surface area contributed by atoms with Crippen LogP contribution in [0.1, 0.15) is 11.1 Å². The average molecular weight is 345 g/mol. The van der Waals surface area contributed by atoms with E-state index < -0.39 is 27.0 Å². The summed E-state index contributed by atoms with van der Waals surface area (Å²) >= 11 is 0. The number of sulfonamides is 1. The van der Waals surface area contributed by atoms with Crippen LogP contribution < -0.4 is 4.72 Å². The van der Waals surface area contributed by atoms with Crippen LogP contribution in [-0.4, -0.2) is 13.9 Å². The first-order chi connectivity index (χ1) is 10.7. The van der Waals surface area contributed by atoms with Crippen LogP contribution in [0.15, 0.2) is 48.5 Å². The molecule has 0 radical (unpaired) electrons. The highest BCUT2D eigenvalue weighted by atomic mass is 32.2. The van der Waals surface area contributed by atoms with Gasteiger partial charge in [0.2, 0.25) is 0 Å². The van der Waals surface area contributed by atoms with E-state index >= 15 is 0 Å². The maximum Gasteiger partial charge on any atom is 0.516 e. The van der Waals surface area contributed by atoms with Gasteiger partial charge in [-0.15, -0.1) is 0 Å². The maximum absolute atomic E-state index is 13.2. The highest BCUT2D eigenvalue weighted by Gasteiger charge is 2.46. The number of hydrogen-bond acceptors (Lipinski definition) is 2. The van der Waals surface area contributed by atoms with Crippen LogP contribution in [0.25, 0.3) is 12.2 Å². The van der Waals surface area contributed by atoms with Crippen LogP contribution >= 0.6 is 0 Å². The van der Waals surface area contributed by atoms with E-state index in [-0.39, 0.29) is 5.56 Å². The summed E-state index contributed by atoms with van der Waals surface area (Å²) in [6.45, 7) is 0. The number of anilines is 1. The molecule has 0 aromatic heterocycles. The van der Waals surface area contributed by atoms with Crippen molar-refractivity contribution in [2.75, 3.05) is 4.72 Å². The second-order valence-corrected chi connectivity index (χ2v) is 6.20. The van der Waals surface area contributed by atoms with Gasteiger partial charge in [0.1, 0.15) is 5.82 Å². The van der Waals surface area contributed by atoms with Gasteiger partial charge in [-0.3, -0.25) is 4.72 Å². The topological polar surface area (TPSA) is 46.2 Å². The molecule has 2 aromatic carbocycles. The van der Waals surface area contributed by atoms with Crippen molar-refractivity contribution < 1.29 is 26.0 Å². The molecule has 0 unspecified atom stereocenters. The molecule has 0 saturated carbocycles. The third-order valence-corrected chi connectivity index (χ3v) is 3.92. The first kappa shape index (κ1) is 17.0. The molecule has 3 nitrogen and oxygen atoms in total. The largest absolute Gasteiger partial charge is 0.516 e. The number of nitrogens with one attached hydrogen (secondary N) is 1. The molecule has 0 spiro atoms. The molecule has 8 heteroatoms. The Labute approximate surface area is 130 Å². The number of hydrogen-bond donors (Lipinski definition) is 1. The number of alkyl halides is 3. The van der Waals surface area contributed by atoms with Gasteiger partial charge in [-0.1, -0.05) is 42.5 Å². The molecule has 2 aromatic rings. The lowest BCUT2D eigenvalue weighted by atomic mass is 10.1. The van der Waals surface area contributed by atoms with Gasteiger partial charge in [-0.2, -0.15) is 21.6 Å². The standard InChI is InChI=1S/C15H11F4NO2S/c16-13-9-8-12(7-6-11-4-2-1-3-5-11)14(10-13)20-23(21,22)15(17,18)19/h1-10,20H/b7-6+. The quantitative estimate of drug-likeness (QED) is 0.665. The number of halogens is 4. The SMILES string of the molecule is O=S(=O)(Nc1cc(F)ccc1/C=C/c1ccccc1)C(F)(F)F. The zero-order valence-electron chi connectivity index (χ0n) is 11.5. The summed E-state index contributed by atoms with van der Waals surface area (Å²) in [5.74, 6) is -0.860. The smallest absolute Gasteiger partial charge is 0.275 e. The van der Waals surface area contributed by atoms with Crippen molar-refractivity contribution >= 4 is 27.9 Å². The lowest BCUT2D eigenvalue weighted by molar-refractivity contribution is -0.0429. The molecule has 2 rings (SSSR count). The predicted molar refractivity (Wildman–Crippen MR) is 80.4 cm³/mol. The highest BCUT2D eigenvalue weighted by molar-refractivity contribution is 7.93. The van der Waals surface area contributed by atoms with E-state index in [0.717, 1.165) is 11.6 Å². The van der Waals surface area contributed by atoms with Crippen molar-refractivity contribution in [3.63, 3.8) is 0 Å². The molecule has 0 fully saturated rings. The molecule has 122 valence electrons. The predicted octanol–water partition coefficient (Wildman–Crippen LogP) is 4.26. The van der Waals surface area contributed by atoms with Gasteiger partial charge >= 0.3 is 15.5 Å². The Kier molecular flexibility index (Phi) is 4.74. The molecule has 0 heterocycles. The number of rotatable bonds is 4. The zero-order valence-corrected chi connectivity index (χ0v) is 12.3. The van der Waals surface area contributed by atoms with Gasteiger partial charge in [0.05, 0.1) is 5.69 Å². The van der Waals surface area contributed by atoms with Crippen molar-refractivity contribution in [3.8, 4) is 0 Å². The summed E-state index contributed by atoms with van der Waals surface area (Å²) in [6, 6.07) is 11.7. The Morgan fingerprint density at radius 3 is 2.22 bits per heavy atom. The van der Waals surface area contributed by atoms with Crippen molar-refractivity contribution in [1.29, 1.82) is 0 Å². The second kappa shape index (κ2) is 6.41. The third-order valence-electron chi connectivity index (χ3n) is 2.82. The summed E-state index contributed by atoms with van der Waals surface area (Å²) in [7, 11) is -5.62. The Morgan fingerprint density at radius 1 is 0.957 bits per heavy atom. The van der Waals surface area contributed by atoms with Crippen LogP contribution in [-0.2, 0) is 10.0 Å². The fourth-order valence-corrected chi connectivity index (χ4v) is 2.30. The molecule has 0 amide bonds. The van der Waals surface area contributed by atoms with Crippen LogP contribution in [0.3, 0.4) is 0 Å². The van der Waals surface area contributed by atoms with E-state index in [1.807, 2.05) is 0 Å². The minimum atomic E-state index is -5.62.